The molecule has 0 N–H and O–H groups in total. The molecule has 0 saturated carbocycles. The second-order valence-electron chi connectivity index (χ2n) is 7.40. The number of nitrogens with zero attached hydrogens (tertiary/aromatic N) is 5. The number of benzene rings is 1. The quantitative estimate of drug-likeness (QED) is 0.674. The van der Waals surface area contributed by atoms with Gasteiger partial charge in [0.2, 0.25) is 11.7 Å². The van der Waals surface area contributed by atoms with E-state index in [4.69, 9.17) is 9.26 Å². The predicted molar refractivity (Wildman–Crippen MR) is 99.9 cm³/mol. The molecule has 150 valence electrons. The summed E-state index contributed by atoms with van der Waals surface area (Å²) in [4.78, 5) is 19.1. The molecule has 8 nitrogen and oxygen atoms in total. The zero-order valence-electron chi connectivity index (χ0n) is 16.0. The van der Waals surface area contributed by atoms with E-state index in [1.165, 1.54) is 12.1 Å². The largest absolute Gasteiger partial charge is 0.381 e. The average molecular weight is 397 g/mol. The molecule has 2 aliphatic heterocycles. The lowest BCUT2D eigenvalue weighted by Gasteiger charge is -2.29. The van der Waals surface area contributed by atoms with Gasteiger partial charge in [-0.2, -0.15) is 10.1 Å². The van der Waals surface area contributed by atoms with Crippen molar-refractivity contribution in [3.05, 3.63) is 41.3 Å². The molecule has 1 saturated heterocycles. The van der Waals surface area contributed by atoms with Gasteiger partial charge in [-0.1, -0.05) is 17.3 Å². The highest BCUT2D eigenvalue weighted by atomic mass is 19.1. The minimum Gasteiger partial charge on any atom is -0.381 e. The smallest absolute Gasteiger partial charge is 0.279 e. The first-order valence-electron chi connectivity index (χ1n) is 9.61. The Bertz CT molecular complexity index is 1070. The molecule has 4 heterocycles. The lowest BCUT2D eigenvalue weighted by Crippen LogP contribution is -2.40. The maximum Gasteiger partial charge on any atom is 0.279 e. The normalized spacial score (nSPS) is 18.8. The zero-order chi connectivity index (χ0) is 20.0. The summed E-state index contributed by atoms with van der Waals surface area (Å²) < 4.78 is 26.1. The van der Waals surface area contributed by atoms with Crippen molar-refractivity contribution in [1.29, 1.82) is 0 Å². The Morgan fingerprint density at radius 2 is 2.24 bits per heavy atom. The predicted octanol–water partition coefficient (Wildman–Crippen LogP) is 2.20. The van der Waals surface area contributed by atoms with Crippen LogP contribution in [0.2, 0.25) is 0 Å². The van der Waals surface area contributed by atoms with Gasteiger partial charge in [-0.25, -0.2) is 4.39 Å². The molecular formula is C20H20FN5O3. The Hall–Kier alpha value is -3.07. The molecule has 0 bridgehead atoms. The fourth-order valence-corrected chi connectivity index (χ4v) is 4.00. The second kappa shape index (κ2) is 7.07. The molecular weight excluding hydrogens is 377 g/mol. The minimum atomic E-state index is -0.367. The number of carbonyl (C=O) groups excluding carboxylic acids is 1. The first-order chi connectivity index (χ1) is 14.1. The summed E-state index contributed by atoms with van der Waals surface area (Å²) in [5.74, 6) is 0.244. The van der Waals surface area contributed by atoms with Crippen molar-refractivity contribution in [2.45, 2.75) is 19.4 Å². The molecule has 1 fully saturated rings. The van der Waals surface area contributed by atoms with Crippen LogP contribution in [0.15, 0.2) is 28.8 Å². The highest BCUT2D eigenvalue weighted by Gasteiger charge is 2.33. The van der Waals surface area contributed by atoms with Gasteiger partial charge in [0.05, 0.1) is 12.5 Å². The molecule has 0 aliphatic carbocycles. The molecule has 5 rings (SSSR count). The van der Waals surface area contributed by atoms with Crippen molar-refractivity contribution in [3.8, 4) is 23.0 Å². The maximum atomic E-state index is 13.5. The van der Waals surface area contributed by atoms with E-state index in [1.54, 1.807) is 16.8 Å². The van der Waals surface area contributed by atoms with Gasteiger partial charge in [0.25, 0.3) is 5.89 Å². The van der Waals surface area contributed by atoms with Gasteiger partial charge in [-0.15, -0.1) is 0 Å². The van der Waals surface area contributed by atoms with Crippen LogP contribution in [-0.2, 0) is 29.5 Å². The molecule has 2 aliphatic rings. The Morgan fingerprint density at radius 3 is 3.03 bits per heavy atom. The number of ether oxygens (including phenoxy) is 1. The van der Waals surface area contributed by atoms with Crippen LogP contribution in [0.25, 0.3) is 23.0 Å². The molecule has 2 aromatic heterocycles. The third-order valence-corrected chi connectivity index (χ3v) is 5.54. The van der Waals surface area contributed by atoms with E-state index in [0.29, 0.717) is 49.8 Å². The van der Waals surface area contributed by atoms with Gasteiger partial charge >= 0.3 is 0 Å². The topological polar surface area (TPSA) is 86.3 Å². The first-order valence-corrected chi connectivity index (χ1v) is 9.61. The van der Waals surface area contributed by atoms with E-state index >= 15 is 0 Å². The number of hydrogen-bond acceptors (Lipinski definition) is 6. The van der Waals surface area contributed by atoms with Crippen LogP contribution in [0.5, 0.6) is 0 Å². The summed E-state index contributed by atoms with van der Waals surface area (Å²) in [7, 11) is 1.87. The summed E-state index contributed by atoms with van der Waals surface area (Å²) in [6, 6.07) is 6.03. The van der Waals surface area contributed by atoms with Crippen molar-refractivity contribution in [1.82, 2.24) is 24.8 Å². The fourth-order valence-electron chi connectivity index (χ4n) is 4.00. The maximum absolute atomic E-state index is 13.5. The van der Waals surface area contributed by atoms with Gasteiger partial charge < -0.3 is 14.2 Å². The van der Waals surface area contributed by atoms with Crippen LogP contribution in [0.1, 0.15) is 17.7 Å². The van der Waals surface area contributed by atoms with Gasteiger partial charge in [0.1, 0.15) is 5.82 Å². The van der Waals surface area contributed by atoms with Crippen LogP contribution in [-0.4, -0.2) is 50.5 Å². The summed E-state index contributed by atoms with van der Waals surface area (Å²) in [6.07, 6.45) is 1.48. The second-order valence-corrected chi connectivity index (χ2v) is 7.40. The number of halogens is 1. The van der Waals surface area contributed by atoms with Crippen LogP contribution in [0, 0.1) is 11.7 Å². The number of amides is 1. The zero-order valence-corrected chi connectivity index (χ0v) is 16.0. The Kier molecular flexibility index (Phi) is 4.39. The summed E-state index contributed by atoms with van der Waals surface area (Å²) >= 11 is 0. The number of aryl methyl sites for hydroxylation is 1. The van der Waals surface area contributed by atoms with Crippen molar-refractivity contribution in [3.63, 3.8) is 0 Å². The SMILES string of the molecule is Cn1nc(-c2nc(-c3cccc(F)c3)no2)c2c1CCN(C(=O)C1CCOC1)C2. The van der Waals surface area contributed by atoms with Crippen LogP contribution in [0.4, 0.5) is 4.39 Å². The van der Waals surface area contributed by atoms with Crippen molar-refractivity contribution >= 4 is 5.91 Å². The van der Waals surface area contributed by atoms with Gasteiger partial charge in [-0.3, -0.25) is 9.48 Å². The minimum absolute atomic E-state index is 0.0698. The van der Waals surface area contributed by atoms with Crippen molar-refractivity contribution in [2.24, 2.45) is 13.0 Å². The number of hydrogen-bond donors (Lipinski definition) is 0. The van der Waals surface area contributed by atoms with Gasteiger partial charge in [0.15, 0.2) is 5.69 Å². The molecule has 1 aromatic carbocycles. The van der Waals surface area contributed by atoms with E-state index in [-0.39, 0.29) is 23.5 Å². The number of aromatic nitrogens is 4. The number of fused-ring (bicyclic) bond motifs is 1. The Labute approximate surface area is 166 Å². The third kappa shape index (κ3) is 3.21. The van der Waals surface area contributed by atoms with Crippen LogP contribution >= 0.6 is 0 Å². The molecule has 1 atom stereocenters. The average Bonchev–Trinajstić information content (AvgIpc) is 3.48. The van der Waals surface area contributed by atoms with E-state index in [0.717, 1.165) is 17.7 Å². The number of carbonyl (C=O) groups is 1. The van der Waals surface area contributed by atoms with Gasteiger partial charge in [0, 0.05) is 50.0 Å². The molecule has 1 amide bonds. The molecule has 1 unspecified atom stereocenters. The van der Waals surface area contributed by atoms with E-state index < -0.39 is 0 Å². The summed E-state index contributed by atoms with van der Waals surface area (Å²) in [5, 5.41) is 8.54. The van der Waals surface area contributed by atoms with Crippen LogP contribution in [0.3, 0.4) is 0 Å². The summed E-state index contributed by atoms with van der Waals surface area (Å²) in [6.45, 7) is 2.23. The Balaban J connectivity index is 1.45. The molecule has 9 heteroatoms. The van der Waals surface area contributed by atoms with E-state index in [1.807, 2.05) is 11.9 Å². The highest BCUT2D eigenvalue weighted by Crippen LogP contribution is 2.31. The summed E-state index contributed by atoms with van der Waals surface area (Å²) in [5.41, 5.74) is 3.07. The third-order valence-electron chi connectivity index (χ3n) is 5.54. The Morgan fingerprint density at radius 1 is 1.34 bits per heavy atom. The number of rotatable bonds is 3. The van der Waals surface area contributed by atoms with Crippen LogP contribution < -0.4 is 0 Å². The lowest BCUT2D eigenvalue weighted by molar-refractivity contribution is -0.136. The molecule has 3 aromatic rings. The fraction of sp³-hybridized carbons (Fsp3) is 0.400. The van der Waals surface area contributed by atoms with Crippen molar-refractivity contribution < 1.29 is 18.4 Å². The van der Waals surface area contributed by atoms with Gasteiger partial charge in [-0.05, 0) is 18.6 Å². The molecule has 29 heavy (non-hydrogen) atoms. The molecule has 0 spiro atoms. The molecule has 0 radical (unpaired) electrons. The van der Waals surface area contributed by atoms with E-state index in [9.17, 15) is 9.18 Å². The van der Waals surface area contributed by atoms with E-state index in [2.05, 4.69) is 15.2 Å². The first kappa shape index (κ1) is 18.0. The van der Waals surface area contributed by atoms with Crippen molar-refractivity contribution in [2.75, 3.05) is 19.8 Å². The standard InChI is InChI=1S/C20H20FN5O3/c1-25-16-5-7-26(20(27)13-6-8-28-11-13)10-15(16)17(23-25)19-22-18(24-29-19)12-3-2-4-14(21)9-12/h2-4,9,13H,5-8,10-11H2,1H3. The highest BCUT2D eigenvalue weighted by molar-refractivity contribution is 5.80. The monoisotopic (exact) mass is 397 g/mol. The lowest BCUT2D eigenvalue weighted by atomic mass is 10.0.